The van der Waals surface area contributed by atoms with Crippen molar-refractivity contribution in [3.05, 3.63) is 66.0 Å². The molecule has 1 saturated heterocycles. The summed E-state index contributed by atoms with van der Waals surface area (Å²) in [6.07, 6.45) is 3.67. The molecule has 1 amide bonds. The highest BCUT2D eigenvalue weighted by atomic mass is 16.5. The number of carbonyl (C=O) groups is 1. The van der Waals surface area contributed by atoms with Crippen molar-refractivity contribution in [2.24, 2.45) is 0 Å². The fourth-order valence-corrected chi connectivity index (χ4v) is 3.60. The molecule has 1 fully saturated rings. The van der Waals surface area contributed by atoms with Crippen molar-refractivity contribution >= 4 is 22.6 Å². The van der Waals surface area contributed by atoms with Gasteiger partial charge < -0.3 is 14.5 Å². The highest BCUT2D eigenvalue weighted by molar-refractivity contribution is 5.93. The summed E-state index contributed by atoms with van der Waals surface area (Å²) in [7, 11) is 4.03. The molecule has 0 radical (unpaired) electrons. The third kappa shape index (κ3) is 4.54. The molecule has 150 valence electrons. The molecular formula is C23H26N4O2. The Morgan fingerprint density at radius 2 is 1.86 bits per heavy atom. The maximum absolute atomic E-state index is 13.3. The lowest BCUT2D eigenvalue weighted by Gasteiger charge is -2.25. The Bertz CT molecular complexity index is 982. The molecule has 6 nitrogen and oxygen atoms in total. The quantitative estimate of drug-likeness (QED) is 0.645. The number of benzene rings is 2. The molecule has 3 aromatic rings. The van der Waals surface area contributed by atoms with Crippen LogP contribution in [-0.2, 0) is 11.3 Å². The third-order valence-electron chi connectivity index (χ3n) is 5.23. The number of para-hydroxylation sites is 2. The monoisotopic (exact) mass is 390 g/mol. The number of aromatic nitrogens is 2. The van der Waals surface area contributed by atoms with E-state index in [2.05, 4.69) is 39.1 Å². The van der Waals surface area contributed by atoms with Gasteiger partial charge in [-0.15, -0.1) is 0 Å². The first-order chi connectivity index (χ1) is 14.1. The predicted molar refractivity (Wildman–Crippen MR) is 114 cm³/mol. The predicted octanol–water partition coefficient (Wildman–Crippen LogP) is 3.52. The van der Waals surface area contributed by atoms with Crippen LogP contribution in [0, 0.1) is 0 Å². The molecule has 6 heteroatoms. The molecule has 2 aromatic carbocycles. The van der Waals surface area contributed by atoms with Crippen LogP contribution in [0.25, 0.3) is 11.0 Å². The SMILES string of the molecule is CN(C)c1ccc(CN(C[C@H]2CCCO2)C(=O)c2cnc3ccccc3n2)cc1. The third-order valence-corrected chi connectivity index (χ3v) is 5.23. The van der Waals surface area contributed by atoms with E-state index < -0.39 is 0 Å². The maximum Gasteiger partial charge on any atom is 0.274 e. The lowest BCUT2D eigenvalue weighted by molar-refractivity contribution is 0.0503. The van der Waals surface area contributed by atoms with E-state index in [1.54, 1.807) is 6.20 Å². The molecule has 4 rings (SSSR count). The lowest BCUT2D eigenvalue weighted by Crippen LogP contribution is -2.37. The van der Waals surface area contributed by atoms with E-state index in [4.69, 9.17) is 4.74 Å². The molecule has 1 aromatic heterocycles. The van der Waals surface area contributed by atoms with Crippen LogP contribution in [-0.4, -0.2) is 54.1 Å². The summed E-state index contributed by atoms with van der Waals surface area (Å²) in [6, 6.07) is 15.9. The number of ether oxygens (including phenoxy) is 1. The number of hydrogen-bond donors (Lipinski definition) is 0. The number of nitrogens with zero attached hydrogens (tertiary/aromatic N) is 4. The standard InChI is InChI=1S/C23H26N4O2/c1-26(2)18-11-9-17(10-12-18)15-27(16-19-6-5-13-29-19)23(28)22-14-24-20-7-3-4-8-21(20)25-22/h3-4,7-12,14,19H,5-6,13,15-16H2,1-2H3/t19-/m1/s1. The number of rotatable bonds is 6. The van der Waals surface area contributed by atoms with Gasteiger partial charge in [0.15, 0.2) is 0 Å². The first-order valence-corrected chi connectivity index (χ1v) is 9.99. The van der Waals surface area contributed by atoms with Crippen LogP contribution >= 0.6 is 0 Å². The molecule has 0 spiro atoms. The zero-order valence-electron chi connectivity index (χ0n) is 16.9. The summed E-state index contributed by atoms with van der Waals surface area (Å²) in [5, 5.41) is 0. The fourth-order valence-electron chi connectivity index (χ4n) is 3.60. The highest BCUT2D eigenvalue weighted by Gasteiger charge is 2.25. The lowest BCUT2D eigenvalue weighted by atomic mass is 10.1. The first kappa shape index (κ1) is 19.3. The second-order valence-corrected chi connectivity index (χ2v) is 7.63. The Morgan fingerprint density at radius 3 is 2.55 bits per heavy atom. The molecule has 1 atom stereocenters. The Kier molecular flexibility index (Phi) is 5.71. The molecule has 0 saturated carbocycles. The molecule has 0 aliphatic carbocycles. The average Bonchev–Trinajstić information content (AvgIpc) is 3.26. The van der Waals surface area contributed by atoms with Gasteiger partial charge in [0.1, 0.15) is 5.69 Å². The van der Waals surface area contributed by atoms with Crippen molar-refractivity contribution in [2.45, 2.75) is 25.5 Å². The smallest absolute Gasteiger partial charge is 0.274 e. The second kappa shape index (κ2) is 8.57. The van der Waals surface area contributed by atoms with Crippen LogP contribution in [0.15, 0.2) is 54.7 Å². The topological polar surface area (TPSA) is 58.6 Å². The van der Waals surface area contributed by atoms with E-state index in [-0.39, 0.29) is 12.0 Å². The van der Waals surface area contributed by atoms with Gasteiger partial charge in [0.25, 0.3) is 5.91 Å². The van der Waals surface area contributed by atoms with Crippen molar-refractivity contribution in [3.63, 3.8) is 0 Å². The number of fused-ring (bicyclic) bond motifs is 1. The largest absolute Gasteiger partial charge is 0.378 e. The summed E-state index contributed by atoms with van der Waals surface area (Å²) < 4.78 is 5.79. The zero-order valence-corrected chi connectivity index (χ0v) is 16.9. The van der Waals surface area contributed by atoms with E-state index in [0.29, 0.717) is 18.8 Å². The molecule has 2 heterocycles. The van der Waals surface area contributed by atoms with Crippen molar-refractivity contribution in [1.82, 2.24) is 14.9 Å². The van der Waals surface area contributed by atoms with Crippen molar-refractivity contribution in [2.75, 3.05) is 32.1 Å². The van der Waals surface area contributed by atoms with Gasteiger partial charge in [0, 0.05) is 39.5 Å². The van der Waals surface area contributed by atoms with Gasteiger partial charge >= 0.3 is 0 Å². The summed E-state index contributed by atoms with van der Waals surface area (Å²) >= 11 is 0. The molecule has 1 aliphatic rings. The van der Waals surface area contributed by atoms with E-state index in [9.17, 15) is 4.79 Å². The van der Waals surface area contributed by atoms with Gasteiger partial charge in [0.05, 0.1) is 23.3 Å². The Morgan fingerprint density at radius 1 is 1.10 bits per heavy atom. The van der Waals surface area contributed by atoms with Crippen molar-refractivity contribution in [3.8, 4) is 0 Å². The molecule has 0 unspecified atom stereocenters. The first-order valence-electron chi connectivity index (χ1n) is 9.99. The van der Waals surface area contributed by atoms with E-state index in [1.165, 1.54) is 0 Å². The van der Waals surface area contributed by atoms with Gasteiger partial charge in [-0.3, -0.25) is 9.78 Å². The summed E-state index contributed by atoms with van der Waals surface area (Å²) in [4.78, 5) is 26.2. The van der Waals surface area contributed by atoms with Crippen LogP contribution in [0.1, 0.15) is 28.9 Å². The summed E-state index contributed by atoms with van der Waals surface area (Å²) in [5.41, 5.74) is 4.09. The minimum atomic E-state index is -0.115. The van der Waals surface area contributed by atoms with Crippen LogP contribution in [0.5, 0.6) is 0 Å². The number of amides is 1. The Labute approximate surface area is 171 Å². The van der Waals surface area contributed by atoms with Gasteiger partial charge in [-0.1, -0.05) is 24.3 Å². The fraction of sp³-hybridized carbons (Fsp3) is 0.348. The van der Waals surface area contributed by atoms with Crippen molar-refractivity contribution in [1.29, 1.82) is 0 Å². The van der Waals surface area contributed by atoms with E-state index >= 15 is 0 Å². The minimum Gasteiger partial charge on any atom is -0.378 e. The van der Waals surface area contributed by atoms with Gasteiger partial charge in [-0.25, -0.2) is 4.98 Å². The summed E-state index contributed by atoms with van der Waals surface area (Å²) in [6.45, 7) is 1.84. The van der Waals surface area contributed by atoms with Crippen LogP contribution in [0.4, 0.5) is 5.69 Å². The summed E-state index contributed by atoms with van der Waals surface area (Å²) in [5.74, 6) is -0.115. The number of carbonyl (C=O) groups excluding carboxylic acids is 1. The molecule has 1 aliphatic heterocycles. The van der Waals surface area contributed by atoms with Crippen LogP contribution < -0.4 is 4.90 Å². The average molecular weight is 390 g/mol. The van der Waals surface area contributed by atoms with E-state index in [1.807, 2.05) is 43.3 Å². The highest BCUT2D eigenvalue weighted by Crippen LogP contribution is 2.19. The van der Waals surface area contributed by atoms with Gasteiger partial charge in [-0.2, -0.15) is 0 Å². The minimum absolute atomic E-state index is 0.0772. The second-order valence-electron chi connectivity index (χ2n) is 7.63. The molecule has 29 heavy (non-hydrogen) atoms. The number of hydrogen-bond acceptors (Lipinski definition) is 5. The zero-order chi connectivity index (χ0) is 20.2. The Balaban J connectivity index is 1.58. The molecule has 0 bridgehead atoms. The Hall–Kier alpha value is -2.99. The van der Waals surface area contributed by atoms with Crippen molar-refractivity contribution < 1.29 is 9.53 Å². The molecule has 0 N–H and O–H groups in total. The van der Waals surface area contributed by atoms with Crippen LogP contribution in [0.3, 0.4) is 0 Å². The van der Waals surface area contributed by atoms with Gasteiger partial charge in [0.2, 0.25) is 0 Å². The molecular weight excluding hydrogens is 364 g/mol. The maximum atomic E-state index is 13.3. The van der Waals surface area contributed by atoms with Crippen LogP contribution in [0.2, 0.25) is 0 Å². The number of anilines is 1. The van der Waals surface area contributed by atoms with E-state index in [0.717, 1.165) is 41.7 Å². The van der Waals surface area contributed by atoms with Gasteiger partial charge in [-0.05, 0) is 42.7 Å². The normalized spacial score (nSPS) is 16.1.